The summed E-state index contributed by atoms with van der Waals surface area (Å²) >= 11 is 7.91. The van der Waals surface area contributed by atoms with Crippen molar-refractivity contribution in [1.29, 1.82) is 0 Å². The highest BCUT2D eigenvalue weighted by atomic mass is 35.5. The number of hydrogen-bond acceptors (Lipinski definition) is 3. The zero-order valence-corrected chi connectivity index (χ0v) is 15.1. The summed E-state index contributed by atoms with van der Waals surface area (Å²) in [5.41, 5.74) is 0.185. The van der Waals surface area contributed by atoms with Gasteiger partial charge in [-0.2, -0.15) is 0 Å². The maximum atomic E-state index is 11.2. The van der Waals surface area contributed by atoms with Crippen LogP contribution in [0.1, 0.15) is 25.8 Å². The highest BCUT2D eigenvalue weighted by Gasteiger charge is 2.41. The third-order valence-corrected chi connectivity index (χ3v) is 7.35. The highest BCUT2D eigenvalue weighted by Crippen LogP contribution is 2.45. The van der Waals surface area contributed by atoms with Crippen LogP contribution in [-0.4, -0.2) is 25.3 Å². The van der Waals surface area contributed by atoms with Crippen LogP contribution in [0.4, 0.5) is 0 Å². The fraction of sp³-hybridized carbons (Fsp3) is 0.600. The SMILES string of the molecule is CC(C)O[Si](C)(C)CC1(O)CCSc2ccc(Cl)cc21. The Bertz CT molecular complexity index is 493. The Hall–Kier alpha value is -0.00312. The molecule has 5 heteroatoms. The molecule has 0 radical (unpaired) electrons. The van der Waals surface area contributed by atoms with Crippen molar-refractivity contribution in [3.8, 4) is 0 Å². The molecule has 0 aromatic heterocycles. The normalized spacial score (nSPS) is 22.9. The van der Waals surface area contributed by atoms with Crippen LogP contribution in [0.2, 0.25) is 24.2 Å². The minimum Gasteiger partial charge on any atom is -0.415 e. The average molecular weight is 331 g/mol. The predicted molar refractivity (Wildman–Crippen MR) is 89.2 cm³/mol. The molecule has 1 aromatic rings. The van der Waals surface area contributed by atoms with Gasteiger partial charge >= 0.3 is 0 Å². The van der Waals surface area contributed by atoms with Crippen LogP contribution in [0.15, 0.2) is 23.1 Å². The number of thioether (sulfide) groups is 1. The Labute approximate surface area is 132 Å². The molecule has 0 amide bonds. The van der Waals surface area contributed by atoms with Crippen LogP contribution < -0.4 is 0 Å². The average Bonchev–Trinajstić information content (AvgIpc) is 2.27. The molecular formula is C15H23ClO2SSi. The van der Waals surface area contributed by atoms with Crippen molar-refractivity contribution in [2.75, 3.05) is 5.75 Å². The largest absolute Gasteiger partial charge is 0.415 e. The Kier molecular flexibility index (Phi) is 4.92. The van der Waals surface area contributed by atoms with E-state index in [0.717, 1.165) is 22.6 Å². The number of hydrogen-bond donors (Lipinski definition) is 1. The Morgan fingerprint density at radius 2 is 2.15 bits per heavy atom. The van der Waals surface area contributed by atoms with Crippen LogP contribution in [0.3, 0.4) is 0 Å². The van der Waals surface area contributed by atoms with Crippen molar-refractivity contribution < 1.29 is 9.53 Å². The molecule has 112 valence electrons. The van der Waals surface area contributed by atoms with E-state index in [0.29, 0.717) is 11.1 Å². The molecule has 1 atom stereocenters. The predicted octanol–water partition coefficient (Wildman–Crippen LogP) is 4.65. The van der Waals surface area contributed by atoms with Crippen LogP contribution in [0.25, 0.3) is 0 Å². The molecule has 1 aromatic carbocycles. The van der Waals surface area contributed by atoms with Crippen molar-refractivity contribution in [3.63, 3.8) is 0 Å². The zero-order chi connectivity index (χ0) is 15.0. The first-order valence-electron chi connectivity index (χ1n) is 7.05. The van der Waals surface area contributed by atoms with Gasteiger partial charge in [0.05, 0.1) is 5.60 Å². The van der Waals surface area contributed by atoms with Gasteiger partial charge in [0.15, 0.2) is 8.32 Å². The molecule has 1 aliphatic rings. The third kappa shape index (κ3) is 3.80. The summed E-state index contributed by atoms with van der Waals surface area (Å²) in [4.78, 5) is 1.15. The summed E-state index contributed by atoms with van der Waals surface area (Å²) in [6, 6.07) is 6.55. The van der Waals surface area contributed by atoms with E-state index in [-0.39, 0.29) is 6.10 Å². The lowest BCUT2D eigenvalue weighted by atomic mass is 9.92. The fourth-order valence-electron chi connectivity index (χ4n) is 3.02. The summed E-state index contributed by atoms with van der Waals surface area (Å²) in [5, 5.41) is 11.9. The summed E-state index contributed by atoms with van der Waals surface area (Å²) in [6.45, 7) is 8.47. The van der Waals surface area contributed by atoms with Gasteiger partial charge in [0.2, 0.25) is 0 Å². The Balaban J connectivity index is 2.30. The molecule has 2 rings (SSSR count). The summed E-state index contributed by atoms with van der Waals surface area (Å²) < 4.78 is 6.09. The second-order valence-corrected chi connectivity index (χ2v) is 12.1. The van der Waals surface area contributed by atoms with Crippen molar-refractivity contribution in [1.82, 2.24) is 0 Å². The molecule has 20 heavy (non-hydrogen) atoms. The van der Waals surface area contributed by atoms with Crippen LogP contribution in [-0.2, 0) is 10.0 Å². The van der Waals surface area contributed by atoms with Gasteiger partial charge < -0.3 is 9.53 Å². The van der Waals surface area contributed by atoms with Crippen molar-refractivity contribution in [3.05, 3.63) is 28.8 Å². The maximum absolute atomic E-state index is 11.2. The molecule has 0 bridgehead atoms. The van der Waals surface area contributed by atoms with E-state index in [4.69, 9.17) is 16.0 Å². The van der Waals surface area contributed by atoms with Crippen molar-refractivity contribution >= 4 is 31.7 Å². The van der Waals surface area contributed by atoms with Crippen molar-refractivity contribution in [2.24, 2.45) is 0 Å². The number of rotatable bonds is 4. The third-order valence-electron chi connectivity index (χ3n) is 3.49. The first-order valence-corrected chi connectivity index (χ1v) is 11.5. The lowest BCUT2D eigenvalue weighted by Crippen LogP contribution is -2.43. The molecule has 0 fully saturated rings. The van der Waals surface area contributed by atoms with Gasteiger partial charge in [-0.3, -0.25) is 0 Å². The van der Waals surface area contributed by atoms with Gasteiger partial charge in [0, 0.05) is 21.8 Å². The van der Waals surface area contributed by atoms with Gasteiger partial charge in [0.25, 0.3) is 0 Å². The Morgan fingerprint density at radius 1 is 1.45 bits per heavy atom. The maximum Gasteiger partial charge on any atom is 0.190 e. The van der Waals surface area contributed by atoms with E-state index >= 15 is 0 Å². The Morgan fingerprint density at radius 3 is 2.80 bits per heavy atom. The molecule has 1 N–H and O–H groups in total. The van der Waals surface area contributed by atoms with Gasteiger partial charge in [-0.05, 0) is 63.2 Å². The molecule has 2 nitrogen and oxygen atoms in total. The minimum atomic E-state index is -1.91. The van der Waals surface area contributed by atoms with Gasteiger partial charge in [-0.15, -0.1) is 11.8 Å². The smallest absolute Gasteiger partial charge is 0.190 e. The van der Waals surface area contributed by atoms with E-state index in [9.17, 15) is 5.11 Å². The summed E-state index contributed by atoms with van der Waals surface area (Å²) in [7, 11) is -1.91. The molecule has 1 heterocycles. The fourth-order valence-corrected chi connectivity index (χ4v) is 7.56. The first kappa shape index (κ1) is 16.4. The van der Waals surface area contributed by atoms with E-state index in [2.05, 4.69) is 26.9 Å². The zero-order valence-electron chi connectivity index (χ0n) is 12.6. The lowest BCUT2D eigenvalue weighted by molar-refractivity contribution is 0.0422. The van der Waals surface area contributed by atoms with Crippen LogP contribution in [0, 0.1) is 0 Å². The molecule has 0 aliphatic carbocycles. The standard InChI is InChI=1S/C15H23ClO2SSi/c1-11(2)18-20(3,4)10-15(17)7-8-19-14-6-5-12(16)9-13(14)15/h5-6,9,11,17H,7-8,10H2,1-4H3. The topological polar surface area (TPSA) is 29.5 Å². The number of halogens is 1. The summed E-state index contributed by atoms with van der Waals surface area (Å²) in [5.74, 6) is 0.942. The minimum absolute atomic E-state index is 0.206. The number of benzene rings is 1. The highest BCUT2D eigenvalue weighted by molar-refractivity contribution is 7.99. The monoisotopic (exact) mass is 330 g/mol. The molecule has 0 saturated carbocycles. The lowest BCUT2D eigenvalue weighted by Gasteiger charge is -2.39. The first-order chi connectivity index (χ1) is 9.22. The van der Waals surface area contributed by atoms with Crippen LogP contribution >= 0.6 is 23.4 Å². The van der Waals surface area contributed by atoms with Gasteiger partial charge in [-0.1, -0.05) is 11.6 Å². The van der Waals surface area contributed by atoms with E-state index in [1.807, 2.05) is 18.2 Å². The molecular weight excluding hydrogens is 308 g/mol. The second-order valence-electron chi connectivity index (χ2n) is 6.37. The molecule has 0 saturated heterocycles. The quantitative estimate of drug-likeness (QED) is 0.814. The summed E-state index contributed by atoms with van der Waals surface area (Å²) in [6.07, 6.45) is 0.972. The van der Waals surface area contributed by atoms with E-state index < -0.39 is 13.9 Å². The van der Waals surface area contributed by atoms with Gasteiger partial charge in [0.1, 0.15) is 0 Å². The van der Waals surface area contributed by atoms with Gasteiger partial charge in [-0.25, -0.2) is 0 Å². The second kappa shape index (κ2) is 6.01. The van der Waals surface area contributed by atoms with Crippen molar-refractivity contribution in [2.45, 2.75) is 56.0 Å². The molecule has 1 aliphatic heterocycles. The molecule has 0 spiro atoms. The number of aliphatic hydroxyl groups is 1. The molecule has 1 unspecified atom stereocenters. The van der Waals surface area contributed by atoms with E-state index in [1.165, 1.54) is 0 Å². The number of fused-ring (bicyclic) bond motifs is 1. The van der Waals surface area contributed by atoms with Crippen LogP contribution in [0.5, 0.6) is 0 Å². The van der Waals surface area contributed by atoms with E-state index in [1.54, 1.807) is 11.8 Å².